The molecule has 2 rings (SSSR count). The van der Waals surface area contributed by atoms with E-state index in [2.05, 4.69) is 45.0 Å². The summed E-state index contributed by atoms with van der Waals surface area (Å²) in [4.78, 5) is 4.09. The molecule has 108 valence electrons. The van der Waals surface area contributed by atoms with Gasteiger partial charge in [-0.05, 0) is 17.2 Å². The van der Waals surface area contributed by atoms with Gasteiger partial charge in [-0.25, -0.2) is 0 Å². The van der Waals surface area contributed by atoms with E-state index in [0.29, 0.717) is 0 Å². The summed E-state index contributed by atoms with van der Waals surface area (Å²) < 4.78 is 1.81. The Morgan fingerprint density at radius 2 is 2.15 bits per heavy atom. The summed E-state index contributed by atoms with van der Waals surface area (Å²) in [7, 11) is 5.53. The number of hydrogen-bond donors (Lipinski definition) is 2. The lowest BCUT2D eigenvalue weighted by Gasteiger charge is -2.09. The molecule has 1 aromatic carbocycles. The molecule has 0 unspecified atom stereocenters. The standard InChI is InChI=1S/C14H19N5.HI/c1-15-14(16-2)17-8-11-5-4-6-12(7-11)13-9-18-19(3)10-13;/h4-7,9-10H,8H2,1-3H3,(H2,15,16,17);1H. The predicted molar refractivity (Wildman–Crippen MR) is 93.3 cm³/mol. The minimum Gasteiger partial charge on any atom is -0.359 e. The molecule has 0 aliphatic heterocycles. The molecule has 2 N–H and O–H groups in total. The maximum atomic E-state index is 4.20. The van der Waals surface area contributed by atoms with Gasteiger partial charge >= 0.3 is 0 Å². The maximum absolute atomic E-state index is 4.20. The topological polar surface area (TPSA) is 54.2 Å². The fraction of sp³-hybridized carbons (Fsp3) is 0.286. The molecule has 0 spiro atoms. The van der Waals surface area contributed by atoms with Crippen molar-refractivity contribution in [3.8, 4) is 11.1 Å². The van der Waals surface area contributed by atoms with Crippen LogP contribution in [0, 0.1) is 0 Å². The van der Waals surface area contributed by atoms with Crippen LogP contribution in [0.25, 0.3) is 11.1 Å². The molecule has 0 bridgehead atoms. The number of rotatable bonds is 3. The van der Waals surface area contributed by atoms with Crippen LogP contribution < -0.4 is 10.6 Å². The lowest BCUT2D eigenvalue weighted by atomic mass is 10.1. The summed E-state index contributed by atoms with van der Waals surface area (Å²) in [6, 6.07) is 8.40. The van der Waals surface area contributed by atoms with Crippen molar-refractivity contribution in [3.05, 3.63) is 42.2 Å². The van der Waals surface area contributed by atoms with Gasteiger partial charge in [0.2, 0.25) is 0 Å². The molecule has 0 saturated carbocycles. The summed E-state index contributed by atoms with van der Waals surface area (Å²) in [5, 5.41) is 10.4. The van der Waals surface area contributed by atoms with Crippen molar-refractivity contribution in [1.29, 1.82) is 0 Å². The van der Waals surface area contributed by atoms with Crippen molar-refractivity contribution in [2.24, 2.45) is 12.0 Å². The number of halogens is 1. The van der Waals surface area contributed by atoms with Crippen LogP contribution >= 0.6 is 24.0 Å². The Morgan fingerprint density at radius 1 is 1.35 bits per heavy atom. The van der Waals surface area contributed by atoms with Crippen LogP contribution in [0.4, 0.5) is 0 Å². The minimum atomic E-state index is 0. The second kappa shape index (κ2) is 7.88. The molecule has 1 aromatic heterocycles. The number of nitrogens with one attached hydrogen (secondary N) is 2. The molecule has 6 heteroatoms. The smallest absolute Gasteiger partial charge is 0.190 e. The highest BCUT2D eigenvalue weighted by Gasteiger charge is 2.02. The van der Waals surface area contributed by atoms with Crippen molar-refractivity contribution in [1.82, 2.24) is 20.4 Å². The Morgan fingerprint density at radius 3 is 2.75 bits per heavy atom. The third-order valence-corrected chi connectivity index (χ3v) is 2.89. The summed E-state index contributed by atoms with van der Waals surface area (Å²) in [5.41, 5.74) is 3.51. The van der Waals surface area contributed by atoms with Crippen molar-refractivity contribution < 1.29 is 0 Å². The van der Waals surface area contributed by atoms with E-state index in [1.54, 1.807) is 7.05 Å². The molecular formula is C14H20IN5. The second-order valence-electron chi connectivity index (χ2n) is 4.28. The monoisotopic (exact) mass is 385 g/mol. The third-order valence-electron chi connectivity index (χ3n) is 2.89. The van der Waals surface area contributed by atoms with Crippen LogP contribution in [-0.4, -0.2) is 29.8 Å². The molecule has 5 nitrogen and oxygen atoms in total. The van der Waals surface area contributed by atoms with Crippen molar-refractivity contribution in [3.63, 3.8) is 0 Å². The number of hydrogen-bond acceptors (Lipinski definition) is 2. The molecule has 0 radical (unpaired) electrons. The minimum absolute atomic E-state index is 0. The first-order valence-corrected chi connectivity index (χ1v) is 6.19. The van der Waals surface area contributed by atoms with E-state index in [9.17, 15) is 0 Å². The van der Waals surface area contributed by atoms with Crippen LogP contribution in [0.1, 0.15) is 5.56 Å². The van der Waals surface area contributed by atoms with Crippen molar-refractivity contribution >= 4 is 29.9 Å². The predicted octanol–water partition coefficient (Wildman–Crippen LogP) is 2.00. The number of aliphatic imine (C=N–C) groups is 1. The molecule has 0 aliphatic rings. The lowest BCUT2D eigenvalue weighted by Crippen LogP contribution is -2.34. The van der Waals surface area contributed by atoms with Gasteiger partial charge in [0.15, 0.2) is 5.96 Å². The molecule has 2 aromatic rings. The zero-order valence-corrected chi connectivity index (χ0v) is 14.3. The number of guanidine groups is 1. The first-order valence-electron chi connectivity index (χ1n) is 6.19. The van der Waals surface area contributed by atoms with E-state index < -0.39 is 0 Å². The van der Waals surface area contributed by atoms with E-state index in [-0.39, 0.29) is 24.0 Å². The van der Waals surface area contributed by atoms with Crippen molar-refractivity contribution in [2.45, 2.75) is 6.54 Å². The van der Waals surface area contributed by atoms with E-state index in [1.807, 2.05) is 31.2 Å². The molecule has 20 heavy (non-hydrogen) atoms. The van der Waals surface area contributed by atoms with E-state index in [1.165, 1.54) is 11.1 Å². The molecule has 0 fully saturated rings. The first kappa shape index (κ1) is 16.5. The fourth-order valence-corrected chi connectivity index (χ4v) is 1.90. The van der Waals surface area contributed by atoms with Gasteiger partial charge in [0.25, 0.3) is 0 Å². The molecule has 0 atom stereocenters. The highest BCUT2D eigenvalue weighted by Crippen LogP contribution is 2.19. The number of aryl methyl sites for hydroxylation is 1. The molecule has 0 aliphatic carbocycles. The Kier molecular flexibility index (Phi) is 6.50. The first-order chi connectivity index (χ1) is 9.22. The highest BCUT2D eigenvalue weighted by atomic mass is 127. The Labute approximate surface area is 136 Å². The Balaban J connectivity index is 0.00000200. The summed E-state index contributed by atoms with van der Waals surface area (Å²) in [6.45, 7) is 0.738. The molecule has 1 heterocycles. The maximum Gasteiger partial charge on any atom is 0.190 e. The van der Waals surface area contributed by atoms with Crippen LogP contribution in [-0.2, 0) is 13.6 Å². The number of benzene rings is 1. The van der Waals surface area contributed by atoms with Crippen LogP contribution in [0.15, 0.2) is 41.7 Å². The third kappa shape index (κ3) is 4.22. The summed E-state index contributed by atoms with van der Waals surface area (Å²) in [5.74, 6) is 0.784. The van der Waals surface area contributed by atoms with Crippen molar-refractivity contribution in [2.75, 3.05) is 14.1 Å². The summed E-state index contributed by atoms with van der Waals surface area (Å²) in [6.07, 6.45) is 3.89. The number of aromatic nitrogens is 2. The Bertz CT molecular complexity index is 576. The van der Waals surface area contributed by atoms with Gasteiger partial charge in [-0.2, -0.15) is 5.10 Å². The SMILES string of the molecule is CN=C(NC)NCc1cccc(-c2cnn(C)c2)c1.I. The quantitative estimate of drug-likeness (QED) is 0.483. The van der Waals surface area contributed by atoms with Gasteiger partial charge in [0.05, 0.1) is 6.20 Å². The van der Waals surface area contributed by atoms with Gasteiger partial charge < -0.3 is 10.6 Å². The van der Waals surface area contributed by atoms with Gasteiger partial charge in [0.1, 0.15) is 0 Å². The highest BCUT2D eigenvalue weighted by molar-refractivity contribution is 14.0. The number of nitrogens with zero attached hydrogens (tertiary/aromatic N) is 3. The van der Waals surface area contributed by atoms with Crippen LogP contribution in [0.2, 0.25) is 0 Å². The summed E-state index contributed by atoms with van der Waals surface area (Å²) >= 11 is 0. The van der Waals surface area contributed by atoms with Gasteiger partial charge in [0, 0.05) is 39.4 Å². The van der Waals surface area contributed by atoms with E-state index >= 15 is 0 Å². The largest absolute Gasteiger partial charge is 0.359 e. The van der Waals surface area contributed by atoms with Crippen LogP contribution in [0.5, 0.6) is 0 Å². The molecule has 0 amide bonds. The molecular weight excluding hydrogens is 365 g/mol. The van der Waals surface area contributed by atoms with Gasteiger partial charge in [-0.1, -0.05) is 18.2 Å². The Hall–Kier alpha value is -1.57. The lowest BCUT2D eigenvalue weighted by molar-refractivity contribution is 0.768. The average Bonchev–Trinajstić information content (AvgIpc) is 2.87. The fourth-order valence-electron chi connectivity index (χ4n) is 1.90. The van der Waals surface area contributed by atoms with E-state index in [0.717, 1.165) is 18.1 Å². The molecule has 0 saturated heterocycles. The van der Waals surface area contributed by atoms with Gasteiger partial charge in [-0.3, -0.25) is 9.67 Å². The van der Waals surface area contributed by atoms with Crippen LogP contribution in [0.3, 0.4) is 0 Å². The average molecular weight is 385 g/mol. The van der Waals surface area contributed by atoms with Gasteiger partial charge in [-0.15, -0.1) is 24.0 Å². The second-order valence-corrected chi connectivity index (χ2v) is 4.28. The zero-order chi connectivity index (χ0) is 13.7. The van der Waals surface area contributed by atoms with E-state index in [4.69, 9.17) is 0 Å². The normalized spacial score (nSPS) is 10.8. The zero-order valence-electron chi connectivity index (χ0n) is 11.9.